The minimum atomic E-state index is 0.209. The second kappa shape index (κ2) is 3.87. The number of rotatable bonds is 3. The lowest BCUT2D eigenvalue weighted by molar-refractivity contribution is 0.186. The number of nitrogens with zero attached hydrogens (tertiary/aromatic N) is 1. The number of likely N-dealkylation sites (tertiary alicyclic amines) is 1. The van der Waals surface area contributed by atoms with Gasteiger partial charge in [-0.25, -0.2) is 0 Å². The normalized spacial score (nSPS) is 30.8. The number of aliphatic hydroxyl groups excluding tert-OH is 1. The summed E-state index contributed by atoms with van der Waals surface area (Å²) in [6.45, 7) is 3.82. The minimum Gasteiger partial charge on any atom is -0.396 e. The van der Waals surface area contributed by atoms with Crippen LogP contribution in [-0.4, -0.2) is 41.6 Å². The lowest BCUT2D eigenvalue weighted by Crippen LogP contribution is -2.37. The Labute approximate surface area is 72.9 Å². The van der Waals surface area contributed by atoms with Gasteiger partial charge in [0.2, 0.25) is 0 Å². The molecule has 0 saturated carbocycles. The van der Waals surface area contributed by atoms with Gasteiger partial charge in [0, 0.05) is 12.6 Å². The fraction of sp³-hybridized carbons (Fsp3) is 0.875. The van der Waals surface area contributed by atoms with Gasteiger partial charge in [-0.1, -0.05) is 0 Å². The van der Waals surface area contributed by atoms with E-state index in [0.717, 1.165) is 13.0 Å². The molecule has 0 amide bonds. The Morgan fingerprint density at radius 2 is 2.42 bits per heavy atom. The third kappa shape index (κ3) is 1.95. The molecule has 0 aromatic heterocycles. The summed E-state index contributed by atoms with van der Waals surface area (Å²) < 4.78 is 0. The van der Waals surface area contributed by atoms with Gasteiger partial charge < -0.3 is 10.8 Å². The van der Waals surface area contributed by atoms with Crippen molar-refractivity contribution < 1.29 is 5.11 Å². The van der Waals surface area contributed by atoms with E-state index < -0.39 is 0 Å². The Morgan fingerprint density at radius 3 is 2.83 bits per heavy atom. The number of amidine groups is 1. The summed E-state index contributed by atoms with van der Waals surface area (Å²) in [6, 6.07) is 0.360. The van der Waals surface area contributed by atoms with E-state index in [1.165, 1.54) is 0 Å². The molecule has 0 radical (unpaired) electrons. The molecule has 1 aliphatic rings. The minimum absolute atomic E-state index is 0.209. The molecule has 2 atom stereocenters. The Bertz CT molecular complexity index is 172. The van der Waals surface area contributed by atoms with Crippen LogP contribution in [0.3, 0.4) is 0 Å². The molecule has 0 aliphatic carbocycles. The molecule has 70 valence electrons. The van der Waals surface area contributed by atoms with E-state index in [-0.39, 0.29) is 12.4 Å². The molecule has 0 spiro atoms. The Morgan fingerprint density at radius 1 is 1.75 bits per heavy atom. The van der Waals surface area contributed by atoms with Gasteiger partial charge in [0.05, 0.1) is 6.54 Å². The molecule has 4 nitrogen and oxygen atoms in total. The first-order valence-electron chi connectivity index (χ1n) is 4.33. The van der Waals surface area contributed by atoms with Crippen molar-refractivity contribution in [3.8, 4) is 0 Å². The van der Waals surface area contributed by atoms with Gasteiger partial charge in [0.25, 0.3) is 0 Å². The molecule has 4 heteroatoms. The standard InChI is InChI=1S/C8H17N3O/c1-6-7(5-12)2-3-11(6)4-8(9)10/h6-7,12H,2-5H2,1H3,(H3,9,10). The molecule has 12 heavy (non-hydrogen) atoms. The van der Waals surface area contributed by atoms with Crippen LogP contribution in [0.25, 0.3) is 0 Å². The SMILES string of the molecule is CC1C(CO)CCN1CC(=N)N. The zero-order valence-corrected chi connectivity index (χ0v) is 7.45. The van der Waals surface area contributed by atoms with E-state index >= 15 is 0 Å². The molecule has 0 bridgehead atoms. The van der Waals surface area contributed by atoms with Crippen molar-refractivity contribution in [1.82, 2.24) is 4.90 Å². The molecule has 0 aromatic carbocycles. The summed E-state index contributed by atoms with van der Waals surface area (Å²) in [4.78, 5) is 2.14. The number of hydrogen-bond acceptors (Lipinski definition) is 3. The topological polar surface area (TPSA) is 73.3 Å². The Kier molecular flexibility index (Phi) is 3.05. The highest BCUT2D eigenvalue weighted by molar-refractivity contribution is 5.79. The van der Waals surface area contributed by atoms with E-state index in [0.29, 0.717) is 18.5 Å². The average Bonchev–Trinajstić information content (AvgIpc) is 2.32. The lowest BCUT2D eigenvalue weighted by Gasteiger charge is -2.22. The molecule has 1 rings (SSSR count). The lowest BCUT2D eigenvalue weighted by atomic mass is 10.0. The van der Waals surface area contributed by atoms with Crippen molar-refractivity contribution in [2.24, 2.45) is 11.7 Å². The van der Waals surface area contributed by atoms with Crippen LogP contribution in [0.4, 0.5) is 0 Å². The highest BCUT2D eigenvalue weighted by Gasteiger charge is 2.29. The van der Waals surface area contributed by atoms with Gasteiger partial charge in [0.15, 0.2) is 0 Å². The van der Waals surface area contributed by atoms with Gasteiger partial charge >= 0.3 is 0 Å². The summed E-state index contributed by atoms with van der Waals surface area (Å²) >= 11 is 0. The van der Waals surface area contributed by atoms with Gasteiger partial charge in [0.1, 0.15) is 5.84 Å². The molecule has 1 fully saturated rings. The van der Waals surface area contributed by atoms with E-state index in [1.807, 2.05) is 0 Å². The molecule has 4 N–H and O–H groups in total. The number of nitrogens with two attached hydrogens (primary N) is 1. The van der Waals surface area contributed by atoms with Gasteiger partial charge in [-0.2, -0.15) is 0 Å². The molecule has 1 aliphatic heterocycles. The Balaban J connectivity index is 2.43. The second-order valence-corrected chi connectivity index (χ2v) is 3.47. The Hall–Kier alpha value is -0.610. The van der Waals surface area contributed by atoms with E-state index in [4.69, 9.17) is 16.2 Å². The van der Waals surface area contributed by atoms with E-state index in [2.05, 4.69) is 11.8 Å². The van der Waals surface area contributed by atoms with Gasteiger partial charge in [-0.05, 0) is 25.8 Å². The maximum Gasteiger partial charge on any atom is 0.105 e. The molecule has 2 unspecified atom stereocenters. The van der Waals surface area contributed by atoms with Gasteiger partial charge in [-0.3, -0.25) is 10.3 Å². The smallest absolute Gasteiger partial charge is 0.105 e. The summed E-state index contributed by atoms with van der Waals surface area (Å²) in [5, 5.41) is 16.1. The van der Waals surface area contributed by atoms with Crippen LogP contribution in [-0.2, 0) is 0 Å². The first-order chi connectivity index (χ1) is 5.65. The summed E-state index contributed by atoms with van der Waals surface area (Å²) in [6.07, 6.45) is 1.02. The van der Waals surface area contributed by atoms with Crippen LogP contribution in [0.2, 0.25) is 0 Å². The molecule has 0 aromatic rings. The zero-order valence-electron chi connectivity index (χ0n) is 7.45. The summed E-state index contributed by atoms with van der Waals surface area (Å²) in [5.74, 6) is 0.574. The van der Waals surface area contributed by atoms with E-state index in [9.17, 15) is 0 Å². The van der Waals surface area contributed by atoms with Crippen molar-refractivity contribution in [1.29, 1.82) is 5.41 Å². The fourth-order valence-electron chi connectivity index (χ4n) is 1.76. The van der Waals surface area contributed by atoms with Crippen molar-refractivity contribution >= 4 is 5.84 Å². The van der Waals surface area contributed by atoms with Crippen molar-refractivity contribution in [3.05, 3.63) is 0 Å². The summed E-state index contributed by atoms with van der Waals surface area (Å²) in [5.41, 5.74) is 5.30. The third-order valence-electron chi connectivity index (χ3n) is 2.65. The van der Waals surface area contributed by atoms with Crippen molar-refractivity contribution in [2.45, 2.75) is 19.4 Å². The van der Waals surface area contributed by atoms with Crippen LogP contribution in [0.15, 0.2) is 0 Å². The maximum atomic E-state index is 8.98. The fourth-order valence-corrected chi connectivity index (χ4v) is 1.76. The molecular formula is C8H17N3O. The first-order valence-corrected chi connectivity index (χ1v) is 4.33. The van der Waals surface area contributed by atoms with Gasteiger partial charge in [-0.15, -0.1) is 0 Å². The quantitative estimate of drug-likeness (QED) is 0.400. The van der Waals surface area contributed by atoms with Crippen LogP contribution in [0.1, 0.15) is 13.3 Å². The zero-order chi connectivity index (χ0) is 9.14. The third-order valence-corrected chi connectivity index (χ3v) is 2.65. The van der Waals surface area contributed by atoms with Crippen LogP contribution in [0, 0.1) is 11.3 Å². The maximum absolute atomic E-state index is 8.98. The second-order valence-electron chi connectivity index (χ2n) is 3.47. The van der Waals surface area contributed by atoms with Crippen molar-refractivity contribution in [2.75, 3.05) is 19.7 Å². The van der Waals surface area contributed by atoms with Crippen LogP contribution < -0.4 is 5.73 Å². The van der Waals surface area contributed by atoms with Crippen LogP contribution >= 0.6 is 0 Å². The van der Waals surface area contributed by atoms with E-state index in [1.54, 1.807) is 0 Å². The van der Waals surface area contributed by atoms with Crippen molar-refractivity contribution in [3.63, 3.8) is 0 Å². The number of nitrogens with one attached hydrogen (secondary N) is 1. The number of hydrogen-bond donors (Lipinski definition) is 3. The number of aliphatic hydroxyl groups is 1. The van der Waals surface area contributed by atoms with Crippen LogP contribution in [0.5, 0.6) is 0 Å². The monoisotopic (exact) mass is 171 g/mol. The molecule has 1 saturated heterocycles. The predicted molar refractivity (Wildman–Crippen MR) is 48.1 cm³/mol. The highest BCUT2D eigenvalue weighted by atomic mass is 16.3. The first kappa shape index (κ1) is 9.48. The summed E-state index contributed by atoms with van der Waals surface area (Å²) in [7, 11) is 0. The average molecular weight is 171 g/mol. The highest BCUT2D eigenvalue weighted by Crippen LogP contribution is 2.22. The largest absolute Gasteiger partial charge is 0.396 e. The molecule has 1 heterocycles. The predicted octanol–water partition coefficient (Wildman–Crippen LogP) is -0.375. The molecular weight excluding hydrogens is 154 g/mol.